The largest absolute Gasteiger partial charge is 0.339 e. The molecule has 0 saturated heterocycles. The summed E-state index contributed by atoms with van der Waals surface area (Å²) < 4.78 is 13.4. The summed E-state index contributed by atoms with van der Waals surface area (Å²) in [6.07, 6.45) is 0. The van der Waals surface area contributed by atoms with Crippen molar-refractivity contribution in [2.45, 2.75) is 20.8 Å². The van der Waals surface area contributed by atoms with Gasteiger partial charge in [0.15, 0.2) is 0 Å². The molecule has 0 amide bonds. The fraction of sp³-hybridized carbons (Fsp3) is 0.143. The van der Waals surface area contributed by atoms with Crippen molar-refractivity contribution >= 4 is 38.7 Å². The number of nitrogens with zero attached hydrogens (tertiary/aromatic N) is 3. The molecule has 146 valence electrons. The Bertz CT molecular complexity index is 1250. The number of anilines is 2. The molecule has 0 fully saturated rings. The lowest BCUT2D eigenvalue weighted by Crippen LogP contribution is -2.01. The Morgan fingerprint density at radius 1 is 1.07 bits per heavy atom. The van der Waals surface area contributed by atoms with Crippen LogP contribution in [0.4, 0.5) is 21.6 Å². The van der Waals surface area contributed by atoms with E-state index >= 15 is 0 Å². The van der Waals surface area contributed by atoms with Crippen LogP contribution in [0.1, 0.15) is 16.3 Å². The van der Waals surface area contributed by atoms with Crippen LogP contribution in [-0.2, 0) is 0 Å². The summed E-state index contributed by atoms with van der Waals surface area (Å²) in [5, 5.41) is 15.3. The van der Waals surface area contributed by atoms with Crippen molar-refractivity contribution in [1.82, 2.24) is 9.97 Å². The van der Waals surface area contributed by atoms with E-state index in [4.69, 9.17) is 0 Å². The van der Waals surface area contributed by atoms with Crippen LogP contribution in [0.25, 0.3) is 21.3 Å². The number of halogens is 1. The molecule has 0 aliphatic carbocycles. The number of nitro benzene ring substituents is 1. The van der Waals surface area contributed by atoms with Gasteiger partial charge in [-0.2, -0.15) is 0 Å². The molecule has 0 unspecified atom stereocenters. The quantitative estimate of drug-likeness (QED) is 0.327. The lowest BCUT2D eigenvalue weighted by atomic mass is 10.0. The smallest absolute Gasteiger partial charge is 0.271 e. The third kappa shape index (κ3) is 3.54. The Labute approximate surface area is 170 Å². The third-order valence-electron chi connectivity index (χ3n) is 4.66. The van der Waals surface area contributed by atoms with E-state index in [-0.39, 0.29) is 11.5 Å². The molecular formula is C21H17FN4O2S. The Hall–Kier alpha value is -3.39. The molecule has 0 radical (unpaired) electrons. The van der Waals surface area contributed by atoms with Crippen molar-refractivity contribution in [1.29, 1.82) is 0 Å². The summed E-state index contributed by atoms with van der Waals surface area (Å²) in [5.74, 6) is 0.860. The first kappa shape index (κ1) is 18.9. The first-order valence-corrected chi connectivity index (χ1v) is 9.71. The summed E-state index contributed by atoms with van der Waals surface area (Å²) in [5.41, 5.74) is 3.25. The summed E-state index contributed by atoms with van der Waals surface area (Å²) in [6, 6.07) is 11.0. The fourth-order valence-electron chi connectivity index (χ4n) is 3.26. The summed E-state index contributed by atoms with van der Waals surface area (Å²) >= 11 is 1.54. The van der Waals surface area contributed by atoms with Gasteiger partial charge in [0.1, 0.15) is 22.3 Å². The van der Waals surface area contributed by atoms with Gasteiger partial charge in [0.25, 0.3) is 5.69 Å². The van der Waals surface area contributed by atoms with E-state index in [9.17, 15) is 14.5 Å². The number of nitro groups is 1. The molecule has 0 aliphatic heterocycles. The number of aryl methyl sites for hydroxylation is 3. The molecule has 29 heavy (non-hydrogen) atoms. The number of fused-ring (bicyclic) bond motifs is 1. The highest BCUT2D eigenvalue weighted by atomic mass is 32.1. The monoisotopic (exact) mass is 408 g/mol. The molecule has 0 aliphatic rings. The zero-order valence-electron chi connectivity index (χ0n) is 16.0. The highest BCUT2D eigenvalue weighted by Gasteiger charge is 2.19. The van der Waals surface area contributed by atoms with Gasteiger partial charge in [0.2, 0.25) is 0 Å². The number of hydrogen-bond donors (Lipinski definition) is 1. The van der Waals surface area contributed by atoms with Crippen LogP contribution in [-0.4, -0.2) is 14.9 Å². The fourth-order valence-corrected chi connectivity index (χ4v) is 4.35. The van der Waals surface area contributed by atoms with Crippen LogP contribution >= 0.6 is 11.3 Å². The van der Waals surface area contributed by atoms with E-state index < -0.39 is 4.92 Å². The standard InChI is InChI=1S/C21H17FN4O2S/c1-11-4-9-16(26(27)28)10-17(11)25-20-19-18(14-5-7-15(22)8-6-14)12(2)29-21(19)24-13(3)23-20/h4-10H,1-3H3,(H,23,24,25). The van der Waals surface area contributed by atoms with Crippen molar-refractivity contribution in [2.24, 2.45) is 0 Å². The second-order valence-electron chi connectivity index (χ2n) is 6.72. The number of hydrogen-bond acceptors (Lipinski definition) is 6. The van der Waals surface area contributed by atoms with E-state index in [2.05, 4.69) is 15.3 Å². The molecule has 6 nitrogen and oxygen atoms in total. The van der Waals surface area contributed by atoms with Crippen LogP contribution in [0.3, 0.4) is 0 Å². The SMILES string of the molecule is Cc1nc(Nc2cc([N+](=O)[O-])ccc2C)c2c(-c3ccc(F)cc3)c(C)sc2n1. The number of thiophene rings is 1. The Balaban J connectivity index is 1.92. The lowest BCUT2D eigenvalue weighted by Gasteiger charge is -2.12. The normalized spacial score (nSPS) is 11.0. The molecular weight excluding hydrogens is 391 g/mol. The van der Waals surface area contributed by atoms with Gasteiger partial charge >= 0.3 is 0 Å². The van der Waals surface area contributed by atoms with Gasteiger partial charge < -0.3 is 5.32 Å². The van der Waals surface area contributed by atoms with Gasteiger partial charge in [0.05, 0.1) is 10.3 Å². The average molecular weight is 408 g/mol. The van der Waals surface area contributed by atoms with Crippen LogP contribution in [0.5, 0.6) is 0 Å². The minimum Gasteiger partial charge on any atom is -0.339 e. The zero-order chi connectivity index (χ0) is 20.7. The van der Waals surface area contributed by atoms with Gasteiger partial charge in [-0.15, -0.1) is 11.3 Å². The maximum absolute atomic E-state index is 13.4. The molecule has 0 saturated carbocycles. The molecule has 4 rings (SSSR count). The molecule has 2 aromatic heterocycles. The van der Waals surface area contributed by atoms with Crippen molar-refractivity contribution in [3.63, 3.8) is 0 Å². The highest BCUT2D eigenvalue weighted by molar-refractivity contribution is 7.19. The third-order valence-corrected chi connectivity index (χ3v) is 5.66. The van der Waals surface area contributed by atoms with Crippen molar-refractivity contribution < 1.29 is 9.31 Å². The molecule has 8 heteroatoms. The predicted octanol–water partition coefficient (Wildman–Crippen LogP) is 6.07. The number of rotatable bonds is 4. The number of aromatic nitrogens is 2. The van der Waals surface area contributed by atoms with E-state index in [1.54, 1.807) is 25.1 Å². The van der Waals surface area contributed by atoms with Crippen molar-refractivity contribution in [3.8, 4) is 11.1 Å². The predicted molar refractivity (Wildman–Crippen MR) is 113 cm³/mol. The molecule has 0 atom stereocenters. The maximum atomic E-state index is 13.4. The molecule has 2 heterocycles. The molecule has 4 aromatic rings. The van der Waals surface area contributed by atoms with Crippen LogP contribution in [0, 0.1) is 36.7 Å². The van der Waals surface area contributed by atoms with Gasteiger partial charge in [-0.25, -0.2) is 14.4 Å². The number of nitrogens with one attached hydrogen (secondary N) is 1. The molecule has 0 bridgehead atoms. The summed E-state index contributed by atoms with van der Waals surface area (Å²) in [6.45, 7) is 5.66. The Morgan fingerprint density at radius 2 is 1.79 bits per heavy atom. The second-order valence-corrected chi connectivity index (χ2v) is 7.92. The topological polar surface area (TPSA) is 81.0 Å². The van der Waals surface area contributed by atoms with Crippen LogP contribution in [0.2, 0.25) is 0 Å². The summed E-state index contributed by atoms with van der Waals surface area (Å²) in [4.78, 5) is 21.7. The Morgan fingerprint density at radius 3 is 2.48 bits per heavy atom. The van der Waals surface area contributed by atoms with Crippen molar-refractivity contribution in [3.05, 3.63) is 74.7 Å². The molecule has 2 aromatic carbocycles. The van der Waals surface area contributed by atoms with Gasteiger partial charge in [-0.05, 0) is 44.0 Å². The van der Waals surface area contributed by atoms with Crippen LogP contribution in [0.15, 0.2) is 42.5 Å². The number of benzene rings is 2. The zero-order valence-corrected chi connectivity index (χ0v) is 16.8. The van der Waals surface area contributed by atoms with E-state index in [1.165, 1.54) is 35.6 Å². The second kappa shape index (κ2) is 7.21. The minimum absolute atomic E-state index is 0.000351. The number of non-ortho nitro benzene ring substituents is 1. The first-order chi connectivity index (χ1) is 13.8. The molecule has 0 spiro atoms. The first-order valence-electron chi connectivity index (χ1n) is 8.89. The summed E-state index contributed by atoms with van der Waals surface area (Å²) in [7, 11) is 0. The van der Waals surface area contributed by atoms with Gasteiger partial charge in [-0.3, -0.25) is 10.1 Å². The minimum atomic E-state index is -0.426. The van der Waals surface area contributed by atoms with E-state index in [0.717, 1.165) is 31.8 Å². The van der Waals surface area contributed by atoms with E-state index in [0.29, 0.717) is 17.3 Å². The Kier molecular flexibility index (Phi) is 4.71. The highest BCUT2D eigenvalue weighted by Crippen LogP contribution is 2.41. The van der Waals surface area contributed by atoms with Gasteiger partial charge in [-0.1, -0.05) is 18.2 Å². The lowest BCUT2D eigenvalue weighted by molar-refractivity contribution is -0.384. The van der Waals surface area contributed by atoms with Gasteiger partial charge in [0, 0.05) is 28.3 Å². The average Bonchev–Trinajstić information content (AvgIpc) is 2.99. The van der Waals surface area contributed by atoms with Crippen molar-refractivity contribution in [2.75, 3.05) is 5.32 Å². The van der Waals surface area contributed by atoms with Crippen LogP contribution < -0.4 is 5.32 Å². The maximum Gasteiger partial charge on any atom is 0.271 e. The van der Waals surface area contributed by atoms with E-state index in [1.807, 2.05) is 13.8 Å². The molecule has 1 N–H and O–H groups in total.